The zero-order valence-electron chi connectivity index (χ0n) is 21.4. The molecule has 1 spiro atoms. The SMILES string of the molecule is CCN(CC)Cc1ccc2c(c1)Oc1ccc(Nc3ccccc3C)cc1C21OC(=O)c2ccccc21. The van der Waals surface area contributed by atoms with E-state index in [0.717, 1.165) is 64.6 Å². The van der Waals surface area contributed by atoms with Crippen LogP contribution in [0.3, 0.4) is 0 Å². The second-order valence-electron chi connectivity index (χ2n) is 9.66. The number of nitrogens with one attached hydrogen (secondary N) is 1. The Balaban J connectivity index is 1.51. The fraction of sp³-hybridized carbons (Fsp3) is 0.219. The van der Waals surface area contributed by atoms with Crippen molar-refractivity contribution in [2.75, 3.05) is 18.4 Å². The van der Waals surface area contributed by atoms with Gasteiger partial charge in [0, 0.05) is 34.6 Å². The van der Waals surface area contributed by atoms with Crippen LogP contribution in [-0.2, 0) is 16.9 Å². The number of fused-ring (bicyclic) bond motifs is 6. The lowest BCUT2D eigenvalue weighted by molar-refractivity contribution is 0.0224. The summed E-state index contributed by atoms with van der Waals surface area (Å²) in [6.07, 6.45) is 0. The van der Waals surface area contributed by atoms with E-state index in [0.29, 0.717) is 11.3 Å². The summed E-state index contributed by atoms with van der Waals surface area (Å²) in [6.45, 7) is 9.19. The molecule has 186 valence electrons. The largest absolute Gasteiger partial charge is 0.456 e. The first kappa shape index (κ1) is 23.3. The number of carbonyl (C=O) groups is 1. The molecule has 1 atom stereocenters. The third kappa shape index (κ3) is 3.78. The molecule has 5 nitrogen and oxygen atoms in total. The fourth-order valence-corrected chi connectivity index (χ4v) is 5.47. The third-order valence-electron chi connectivity index (χ3n) is 7.50. The summed E-state index contributed by atoms with van der Waals surface area (Å²) in [5.41, 5.74) is 6.25. The lowest BCUT2D eigenvalue weighted by Gasteiger charge is -2.37. The Morgan fingerprint density at radius 1 is 0.811 bits per heavy atom. The zero-order valence-corrected chi connectivity index (χ0v) is 21.4. The second-order valence-corrected chi connectivity index (χ2v) is 9.66. The van der Waals surface area contributed by atoms with Crippen molar-refractivity contribution in [1.82, 2.24) is 4.90 Å². The highest BCUT2D eigenvalue weighted by Gasteiger charge is 2.53. The first-order chi connectivity index (χ1) is 18.0. The summed E-state index contributed by atoms with van der Waals surface area (Å²) in [5, 5.41) is 3.53. The summed E-state index contributed by atoms with van der Waals surface area (Å²) in [4.78, 5) is 15.5. The van der Waals surface area contributed by atoms with Crippen molar-refractivity contribution < 1.29 is 14.3 Å². The van der Waals surface area contributed by atoms with Crippen molar-refractivity contribution in [2.24, 2.45) is 0 Å². The van der Waals surface area contributed by atoms with Crippen molar-refractivity contribution in [2.45, 2.75) is 32.9 Å². The summed E-state index contributed by atoms with van der Waals surface area (Å²) in [5.74, 6) is 1.09. The summed E-state index contributed by atoms with van der Waals surface area (Å²) in [7, 11) is 0. The number of anilines is 2. The van der Waals surface area contributed by atoms with Gasteiger partial charge >= 0.3 is 5.97 Å². The molecule has 4 aromatic rings. The summed E-state index contributed by atoms with van der Waals surface area (Å²) < 4.78 is 12.8. The standard InChI is InChI=1S/C32H30N2O3/c1-4-34(5-2)20-22-14-16-26-30(18-22)36-29-17-15-23(33-28-13-9-6-10-21(28)3)19-27(29)32(26)25-12-8-7-11-24(25)31(35)37-32/h6-19,33H,4-5,20H2,1-3H3. The molecule has 2 aliphatic heterocycles. The highest BCUT2D eigenvalue weighted by atomic mass is 16.6. The number of hydrogen-bond donors (Lipinski definition) is 1. The molecule has 4 aromatic carbocycles. The number of hydrogen-bond acceptors (Lipinski definition) is 5. The molecule has 6 rings (SSSR count). The molecular formula is C32H30N2O3. The van der Waals surface area contributed by atoms with Gasteiger partial charge in [0.05, 0.1) is 5.56 Å². The number of ether oxygens (including phenoxy) is 2. The highest BCUT2D eigenvalue weighted by Crippen LogP contribution is 2.56. The molecular weight excluding hydrogens is 460 g/mol. The third-order valence-corrected chi connectivity index (χ3v) is 7.50. The van der Waals surface area contributed by atoms with Crippen LogP contribution in [0.1, 0.15) is 52.0 Å². The molecule has 2 heterocycles. The number of nitrogens with zero attached hydrogens (tertiary/aromatic N) is 1. The van der Waals surface area contributed by atoms with Gasteiger partial charge in [-0.3, -0.25) is 4.90 Å². The van der Waals surface area contributed by atoms with Gasteiger partial charge in [-0.1, -0.05) is 62.4 Å². The minimum atomic E-state index is -1.08. The molecule has 0 amide bonds. The van der Waals surface area contributed by atoms with Crippen molar-refractivity contribution in [3.63, 3.8) is 0 Å². The average molecular weight is 491 g/mol. The van der Waals surface area contributed by atoms with E-state index in [1.165, 1.54) is 0 Å². The Kier molecular flexibility index (Phi) is 5.73. The van der Waals surface area contributed by atoms with Gasteiger partial charge in [-0.15, -0.1) is 0 Å². The Bertz CT molecular complexity index is 1510. The highest BCUT2D eigenvalue weighted by molar-refractivity contribution is 5.97. The van der Waals surface area contributed by atoms with E-state index >= 15 is 0 Å². The van der Waals surface area contributed by atoms with Crippen LogP contribution in [0.5, 0.6) is 11.5 Å². The van der Waals surface area contributed by atoms with Gasteiger partial charge in [-0.25, -0.2) is 4.79 Å². The topological polar surface area (TPSA) is 50.8 Å². The molecule has 1 unspecified atom stereocenters. The van der Waals surface area contributed by atoms with Crippen LogP contribution in [0, 0.1) is 6.92 Å². The van der Waals surface area contributed by atoms with Crippen LogP contribution in [0.25, 0.3) is 0 Å². The lowest BCUT2D eigenvalue weighted by Crippen LogP contribution is -2.33. The van der Waals surface area contributed by atoms with Crippen molar-refractivity contribution in [3.05, 3.63) is 118 Å². The maximum Gasteiger partial charge on any atom is 0.340 e. The smallest absolute Gasteiger partial charge is 0.340 e. The average Bonchev–Trinajstić information content (AvgIpc) is 3.22. The van der Waals surface area contributed by atoms with E-state index in [9.17, 15) is 4.79 Å². The minimum Gasteiger partial charge on any atom is -0.456 e. The van der Waals surface area contributed by atoms with Crippen LogP contribution < -0.4 is 10.1 Å². The van der Waals surface area contributed by atoms with Crippen LogP contribution in [-0.4, -0.2) is 24.0 Å². The number of benzene rings is 4. The Hall–Kier alpha value is -4.09. The number of aryl methyl sites for hydroxylation is 1. The molecule has 0 aliphatic carbocycles. The predicted octanol–water partition coefficient (Wildman–Crippen LogP) is 7.15. The Morgan fingerprint density at radius 2 is 1.59 bits per heavy atom. The molecule has 0 radical (unpaired) electrons. The van der Waals surface area contributed by atoms with Crippen LogP contribution >= 0.6 is 0 Å². The van der Waals surface area contributed by atoms with E-state index in [1.807, 2.05) is 54.6 Å². The monoisotopic (exact) mass is 490 g/mol. The molecule has 5 heteroatoms. The minimum absolute atomic E-state index is 0.320. The van der Waals surface area contributed by atoms with E-state index < -0.39 is 5.60 Å². The molecule has 1 N–H and O–H groups in total. The molecule has 0 saturated heterocycles. The zero-order chi connectivity index (χ0) is 25.6. The Morgan fingerprint density at radius 3 is 2.41 bits per heavy atom. The van der Waals surface area contributed by atoms with Gasteiger partial charge in [-0.2, -0.15) is 0 Å². The Labute approximate surface area is 217 Å². The summed E-state index contributed by atoms with van der Waals surface area (Å²) in [6, 6.07) is 28.1. The van der Waals surface area contributed by atoms with Crippen LogP contribution in [0.2, 0.25) is 0 Å². The first-order valence-corrected chi connectivity index (χ1v) is 12.9. The van der Waals surface area contributed by atoms with Gasteiger partial charge in [0.15, 0.2) is 5.60 Å². The van der Waals surface area contributed by atoms with Gasteiger partial charge in [0.25, 0.3) is 0 Å². The molecule has 2 aliphatic rings. The number of rotatable bonds is 6. The lowest BCUT2D eigenvalue weighted by atomic mass is 9.77. The first-order valence-electron chi connectivity index (χ1n) is 12.9. The van der Waals surface area contributed by atoms with Crippen molar-refractivity contribution in [1.29, 1.82) is 0 Å². The molecule has 0 fully saturated rings. The van der Waals surface area contributed by atoms with Gasteiger partial charge in [0.1, 0.15) is 11.5 Å². The van der Waals surface area contributed by atoms with Gasteiger partial charge < -0.3 is 14.8 Å². The van der Waals surface area contributed by atoms with Crippen LogP contribution in [0.4, 0.5) is 11.4 Å². The van der Waals surface area contributed by atoms with Crippen LogP contribution in [0.15, 0.2) is 84.9 Å². The van der Waals surface area contributed by atoms with E-state index in [2.05, 4.69) is 61.3 Å². The van der Waals surface area contributed by atoms with E-state index in [4.69, 9.17) is 9.47 Å². The normalized spacial score (nSPS) is 17.1. The number of carbonyl (C=O) groups excluding carboxylic acids is 1. The maximum atomic E-state index is 13.2. The predicted molar refractivity (Wildman–Crippen MR) is 146 cm³/mol. The summed E-state index contributed by atoms with van der Waals surface area (Å²) >= 11 is 0. The van der Waals surface area contributed by atoms with E-state index in [1.54, 1.807) is 0 Å². The fourth-order valence-electron chi connectivity index (χ4n) is 5.47. The second kappa shape index (κ2) is 9.09. The quantitative estimate of drug-likeness (QED) is 0.291. The number of esters is 1. The number of para-hydroxylation sites is 1. The molecule has 0 saturated carbocycles. The molecule has 0 aromatic heterocycles. The van der Waals surface area contributed by atoms with Crippen molar-refractivity contribution >= 4 is 17.3 Å². The van der Waals surface area contributed by atoms with Gasteiger partial charge in [0.2, 0.25) is 0 Å². The van der Waals surface area contributed by atoms with Crippen molar-refractivity contribution in [3.8, 4) is 11.5 Å². The molecule has 37 heavy (non-hydrogen) atoms. The molecule has 0 bridgehead atoms. The van der Waals surface area contributed by atoms with Gasteiger partial charge in [-0.05, 0) is 67.5 Å². The van der Waals surface area contributed by atoms with E-state index in [-0.39, 0.29) is 5.97 Å². The maximum absolute atomic E-state index is 13.2.